The van der Waals surface area contributed by atoms with Gasteiger partial charge >= 0.3 is 0 Å². The molecular weight excluding hydrogens is 494 g/mol. The summed E-state index contributed by atoms with van der Waals surface area (Å²) in [5, 5.41) is 5.71. The van der Waals surface area contributed by atoms with Crippen molar-refractivity contribution in [2.24, 2.45) is 0 Å². The monoisotopic (exact) mass is 525 g/mol. The van der Waals surface area contributed by atoms with E-state index in [2.05, 4.69) is 42.8 Å². The van der Waals surface area contributed by atoms with Gasteiger partial charge in [0.05, 0.1) is 17.9 Å². The SMILES string of the molecule is Cc1ccnc(C2CC2)n1.O=CNc1cc(NCc2cn3cc(C4CC4)cc(N4CCCC4=O)c3n2)ncn1. The van der Waals surface area contributed by atoms with Crippen molar-refractivity contribution in [1.82, 2.24) is 29.3 Å². The molecule has 4 aromatic rings. The van der Waals surface area contributed by atoms with Crippen LogP contribution in [0, 0.1) is 6.92 Å². The van der Waals surface area contributed by atoms with E-state index in [0.717, 1.165) is 41.5 Å². The molecule has 0 aromatic carbocycles. The summed E-state index contributed by atoms with van der Waals surface area (Å²) < 4.78 is 2.03. The van der Waals surface area contributed by atoms with Crippen LogP contribution in [0.15, 0.2) is 43.1 Å². The molecule has 3 fully saturated rings. The number of fused-ring (bicyclic) bond motifs is 1. The normalized spacial score (nSPS) is 16.6. The van der Waals surface area contributed by atoms with Crippen LogP contribution in [0.4, 0.5) is 17.3 Å². The van der Waals surface area contributed by atoms with Crippen molar-refractivity contribution in [1.29, 1.82) is 0 Å². The standard InChI is InChI=1S/C20H21N7O2.C8H10N2/c28-12-24-18-7-17(22-11-23-18)21-8-15-10-26-9-14(13-3-4-13)6-16(20(26)25-15)27-5-1-2-19(27)29;1-6-4-5-9-8(10-6)7-2-3-7/h6-7,9-13H,1-5,8H2,(H2,21,22,23,24,28);4-5,7H,2-3H2,1H3. The molecule has 11 nitrogen and oxygen atoms in total. The van der Waals surface area contributed by atoms with Crippen LogP contribution in [0.2, 0.25) is 0 Å². The number of aromatic nitrogens is 6. The molecule has 1 saturated heterocycles. The summed E-state index contributed by atoms with van der Waals surface area (Å²) in [5.41, 5.74) is 4.89. The molecule has 4 aromatic heterocycles. The lowest BCUT2D eigenvalue weighted by atomic mass is 10.1. The maximum Gasteiger partial charge on any atom is 0.227 e. The molecule has 0 spiro atoms. The first-order valence-electron chi connectivity index (χ1n) is 13.4. The highest BCUT2D eigenvalue weighted by Gasteiger charge is 2.29. The summed E-state index contributed by atoms with van der Waals surface area (Å²) in [6.45, 7) is 3.22. The van der Waals surface area contributed by atoms with E-state index < -0.39 is 0 Å². The number of rotatable bonds is 8. The molecule has 7 rings (SSSR count). The van der Waals surface area contributed by atoms with Gasteiger partial charge in [0.2, 0.25) is 12.3 Å². The second-order valence-corrected chi connectivity index (χ2v) is 10.3. The van der Waals surface area contributed by atoms with Gasteiger partial charge in [-0.3, -0.25) is 9.59 Å². The Morgan fingerprint density at radius 3 is 2.56 bits per heavy atom. The minimum atomic E-state index is 0.165. The van der Waals surface area contributed by atoms with E-state index >= 15 is 0 Å². The van der Waals surface area contributed by atoms with Gasteiger partial charge in [0.25, 0.3) is 0 Å². The number of nitrogens with one attached hydrogen (secondary N) is 2. The second-order valence-electron chi connectivity index (χ2n) is 10.3. The lowest BCUT2D eigenvalue weighted by Crippen LogP contribution is -2.24. The largest absolute Gasteiger partial charge is 0.364 e. The van der Waals surface area contributed by atoms with Crippen LogP contribution in [-0.2, 0) is 16.1 Å². The van der Waals surface area contributed by atoms with Gasteiger partial charge in [0.15, 0.2) is 5.65 Å². The van der Waals surface area contributed by atoms with E-state index in [0.29, 0.717) is 42.8 Å². The summed E-state index contributed by atoms with van der Waals surface area (Å²) in [5.74, 6) is 3.50. The molecule has 3 aliphatic rings. The molecule has 2 amide bonds. The van der Waals surface area contributed by atoms with Crippen molar-refractivity contribution in [2.75, 3.05) is 22.1 Å². The molecule has 5 heterocycles. The van der Waals surface area contributed by atoms with Crippen LogP contribution in [0.5, 0.6) is 0 Å². The zero-order chi connectivity index (χ0) is 26.8. The first-order valence-corrected chi connectivity index (χ1v) is 13.4. The maximum atomic E-state index is 12.3. The van der Waals surface area contributed by atoms with Crippen LogP contribution in [0.25, 0.3) is 5.65 Å². The fourth-order valence-electron chi connectivity index (χ4n) is 4.76. The molecule has 2 saturated carbocycles. The van der Waals surface area contributed by atoms with E-state index in [4.69, 9.17) is 4.98 Å². The number of carbonyl (C=O) groups is 2. The van der Waals surface area contributed by atoms with Gasteiger partial charge < -0.3 is 19.9 Å². The van der Waals surface area contributed by atoms with Gasteiger partial charge in [-0.2, -0.15) is 0 Å². The Morgan fingerprint density at radius 1 is 1.03 bits per heavy atom. The van der Waals surface area contributed by atoms with Gasteiger partial charge in [-0.15, -0.1) is 0 Å². The van der Waals surface area contributed by atoms with E-state index in [1.807, 2.05) is 34.7 Å². The zero-order valence-corrected chi connectivity index (χ0v) is 21.9. The first-order chi connectivity index (χ1) is 19.1. The molecule has 2 aliphatic carbocycles. The third kappa shape index (κ3) is 5.87. The van der Waals surface area contributed by atoms with E-state index in [9.17, 15) is 9.59 Å². The highest BCUT2D eigenvalue weighted by Crippen LogP contribution is 2.42. The molecule has 0 atom stereocenters. The highest BCUT2D eigenvalue weighted by molar-refractivity contribution is 5.98. The van der Waals surface area contributed by atoms with Crippen molar-refractivity contribution >= 4 is 35.3 Å². The summed E-state index contributed by atoms with van der Waals surface area (Å²) in [6.07, 6.45) is 14.4. The Kier molecular flexibility index (Phi) is 6.87. The fraction of sp³-hybridized carbons (Fsp3) is 0.393. The second kappa shape index (κ2) is 10.8. The predicted octanol–water partition coefficient (Wildman–Crippen LogP) is 3.97. The quantitative estimate of drug-likeness (QED) is 0.331. The summed E-state index contributed by atoms with van der Waals surface area (Å²) in [7, 11) is 0. The van der Waals surface area contributed by atoms with E-state index in [1.165, 1.54) is 37.6 Å². The highest BCUT2D eigenvalue weighted by atomic mass is 16.2. The summed E-state index contributed by atoms with van der Waals surface area (Å²) >= 11 is 0. The Morgan fingerprint density at radius 2 is 1.85 bits per heavy atom. The molecule has 0 bridgehead atoms. The number of anilines is 3. The number of pyridine rings is 1. The van der Waals surface area contributed by atoms with Gasteiger partial charge in [-0.05, 0) is 62.6 Å². The Balaban J connectivity index is 0.000000231. The molecule has 200 valence electrons. The van der Waals surface area contributed by atoms with Crippen molar-refractivity contribution in [3.8, 4) is 0 Å². The minimum Gasteiger partial charge on any atom is -0.364 e. The van der Waals surface area contributed by atoms with Crippen molar-refractivity contribution in [2.45, 2.75) is 63.8 Å². The number of carbonyl (C=O) groups excluding carboxylic acids is 2. The van der Waals surface area contributed by atoms with E-state index in [1.54, 1.807) is 6.07 Å². The van der Waals surface area contributed by atoms with Crippen LogP contribution in [0.1, 0.15) is 73.1 Å². The van der Waals surface area contributed by atoms with Gasteiger partial charge in [0, 0.05) is 49.2 Å². The molecule has 2 N–H and O–H groups in total. The average Bonchev–Trinajstić information content (AvgIpc) is 3.87. The maximum absolute atomic E-state index is 12.3. The predicted molar refractivity (Wildman–Crippen MR) is 147 cm³/mol. The molecule has 1 aliphatic heterocycles. The third-order valence-corrected chi connectivity index (χ3v) is 7.10. The summed E-state index contributed by atoms with van der Waals surface area (Å²) in [6, 6.07) is 5.73. The minimum absolute atomic E-state index is 0.165. The Bertz CT molecular complexity index is 1510. The van der Waals surface area contributed by atoms with Crippen molar-refractivity contribution in [3.05, 3.63) is 65.9 Å². The number of hydrogen-bond acceptors (Lipinski definition) is 8. The van der Waals surface area contributed by atoms with Gasteiger partial charge in [-0.25, -0.2) is 24.9 Å². The number of nitrogens with zero attached hydrogens (tertiary/aromatic N) is 7. The Labute approximate surface area is 226 Å². The fourth-order valence-corrected chi connectivity index (χ4v) is 4.76. The Hall–Kier alpha value is -4.41. The van der Waals surface area contributed by atoms with Gasteiger partial charge in [0.1, 0.15) is 23.8 Å². The van der Waals surface area contributed by atoms with Gasteiger partial charge in [-0.1, -0.05) is 0 Å². The number of imidazole rings is 1. The average molecular weight is 526 g/mol. The lowest BCUT2D eigenvalue weighted by molar-refractivity contribution is -0.117. The van der Waals surface area contributed by atoms with Crippen LogP contribution in [0.3, 0.4) is 0 Å². The third-order valence-electron chi connectivity index (χ3n) is 7.10. The van der Waals surface area contributed by atoms with Crippen LogP contribution >= 0.6 is 0 Å². The molecular formula is C28H31N9O2. The number of aryl methyl sites for hydroxylation is 1. The molecule has 0 radical (unpaired) electrons. The van der Waals surface area contributed by atoms with Crippen molar-refractivity contribution < 1.29 is 9.59 Å². The molecule has 11 heteroatoms. The van der Waals surface area contributed by atoms with Crippen LogP contribution < -0.4 is 15.5 Å². The topological polar surface area (TPSA) is 130 Å². The summed E-state index contributed by atoms with van der Waals surface area (Å²) in [4.78, 5) is 46.2. The lowest BCUT2D eigenvalue weighted by Gasteiger charge is -2.17. The van der Waals surface area contributed by atoms with Crippen LogP contribution in [-0.4, -0.2) is 48.2 Å². The first kappa shape index (κ1) is 24.9. The number of amides is 2. The van der Waals surface area contributed by atoms with E-state index in [-0.39, 0.29) is 5.91 Å². The number of hydrogen-bond donors (Lipinski definition) is 2. The molecule has 0 unspecified atom stereocenters. The smallest absolute Gasteiger partial charge is 0.227 e. The van der Waals surface area contributed by atoms with Crippen molar-refractivity contribution in [3.63, 3.8) is 0 Å². The zero-order valence-electron chi connectivity index (χ0n) is 21.9. The molecule has 39 heavy (non-hydrogen) atoms.